The summed E-state index contributed by atoms with van der Waals surface area (Å²) in [6.07, 6.45) is 2.25. The van der Waals surface area contributed by atoms with E-state index >= 15 is 0 Å². The molecule has 0 radical (unpaired) electrons. The second kappa shape index (κ2) is 4.03. The van der Waals surface area contributed by atoms with E-state index in [1.54, 1.807) is 0 Å². The summed E-state index contributed by atoms with van der Waals surface area (Å²) in [4.78, 5) is 0.853. The van der Waals surface area contributed by atoms with Crippen LogP contribution in [0.5, 0.6) is 0 Å². The summed E-state index contributed by atoms with van der Waals surface area (Å²) in [5.41, 5.74) is 1.29. The first kappa shape index (κ1) is 8.95. The molecule has 0 bridgehead atoms. The Morgan fingerprint density at radius 1 is 1.45 bits per heavy atom. The number of thiol groups is 1. The van der Waals surface area contributed by atoms with E-state index in [0.29, 0.717) is 0 Å². The predicted molar refractivity (Wildman–Crippen MR) is 52.7 cm³/mol. The molecule has 0 heterocycles. The summed E-state index contributed by atoms with van der Waals surface area (Å²) >= 11 is 10.1. The molecule has 1 aromatic rings. The monoisotopic (exact) mass is 186 g/mol. The van der Waals surface area contributed by atoms with Gasteiger partial charge in [0, 0.05) is 4.90 Å². The van der Waals surface area contributed by atoms with Crippen LogP contribution in [0.3, 0.4) is 0 Å². The van der Waals surface area contributed by atoms with Crippen molar-refractivity contribution in [1.29, 1.82) is 0 Å². The van der Waals surface area contributed by atoms with Gasteiger partial charge in [0.2, 0.25) is 0 Å². The van der Waals surface area contributed by atoms with Crippen molar-refractivity contribution in [3.05, 3.63) is 28.8 Å². The summed E-state index contributed by atoms with van der Waals surface area (Å²) in [6.45, 7) is 2.16. The Bertz CT molecular complexity index is 245. The highest BCUT2D eigenvalue weighted by atomic mass is 35.5. The molecule has 0 fully saturated rings. The smallest absolute Gasteiger partial charge is 0.0541 e. The topological polar surface area (TPSA) is 0 Å². The third kappa shape index (κ3) is 2.42. The number of hydrogen-bond donors (Lipinski definition) is 1. The van der Waals surface area contributed by atoms with Gasteiger partial charge in [-0.3, -0.25) is 0 Å². The first-order chi connectivity index (χ1) is 5.24. The van der Waals surface area contributed by atoms with E-state index in [4.69, 9.17) is 11.6 Å². The van der Waals surface area contributed by atoms with Crippen LogP contribution in [0.15, 0.2) is 23.1 Å². The maximum Gasteiger partial charge on any atom is 0.0541 e. The van der Waals surface area contributed by atoms with E-state index in [1.807, 2.05) is 12.1 Å². The van der Waals surface area contributed by atoms with Crippen molar-refractivity contribution in [2.75, 3.05) is 0 Å². The Labute approximate surface area is 78.0 Å². The first-order valence-corrected chi connectivity index (χ1v) is 4.54. The number of aryl methyl sites for hydroxylation is 1. The molecule has 0 saturated heterocycles. The molecule has 1 aromatic carbocycles. The minimum absolute atomic E-state index is 0.749. The average Bonchev–Trinajstić information content (AvgIpc) is 1.98. The molecule has 0 aromatic heterocycles. The molecule has 2 heteroatoms. The van der Waals surface area contributed by atoms with Crippen LogP contribution >= 0.6 is 24.2 Å². The molecule has 0 N–H and O–H groups in total. The van der Waals surface area contributed by atoms with Crippen LogP contribution in [-0.2, 0) is 6.42 Å². The Balaban J connectivity index is 2.86. The van der Waals surface area contributed by atoms with Crippen molar-refractivity contribution in [2.24, 2.45) is 0 Å². The number of benzene rings is 1. The van der Waals surface area contributed by atoms with Crippen LogP contribution in [0.1, 0.15) is 18.9 Å². The van der Waals surface area contributed by atoms with Gasteiger partial charge < -0.3 is 0 Å². The maximum atomic E-state index is 5.87. The molecule has 1 rings (SSSR count). The minimum Gasteiger partial charge on any atom is -0.142 e. The third-order valence-corrected chi connectivity index (χ3v) is 2.39. The van der Waals surface area contributed by atoms with Crippen molar-refractivity contribution >= 4 is 24.2 Å². The van der Waals surface area contributed by atoms with Gasteiger partial charge in [-0.05, 0) is 24.1 Å². The lowest BCUT2D eigenvalue weighted by atomic mass is 10.1. The van der Waals surface area contributed by atoms with Gasteiger partial charge >= 0.3 is 0 Å². The largest absolute Gasteiger partial charge is 0.142 e. The normalized spacial score (nSPS) is 10.1. The summed E-state index contributed by atoms with van der Waals surface area (Å²) < 4.78 is 0. The number of rotatable bonds is 2. The highest BCUT2D eigenvalue weighted by Crippen LogP contribution is 2.21. The fourth-order valence-electron chi connectivity index (χ4n) is 0.995. The Morgan fingerprint density at radius 3 is 2.73 bits per heavy atom. The third-order valence-electron chi connectivity index (χ3n) is 1.55. The number of hydrogen-bond acceptors (Lipinski definition) is 1. The highest BCUT2D eigenvalue weighted by Gasteiger charge is 1.96. The van der Waals surface area contributed by atoms with Gasteiger partial charge in [0.25, 0.3) is 0 Å². The zero-order valence-electron chi connectivity index (χ0n) is 6.47. The van der Waals surface area contributed by atoms with Gasteiger partial charge in [-0.2, -0.15) is 0 Å². The molecule has 11 heavy (non-hydrogen) atoms. The van der Waals surface area contributed by atoms with Crippen LogP contribution in [0.2, 0.25) is 5.02 Å². The number of halogens is 1. The minimum atomic E-state index is 0.749. The van der Waals surface area contributed by atoms with E-state index in [-0.39, 0.29) is 0 Å². The van der Waals surface area contributed by atoms with Gasteiger partial charge in [0.15, 0.2) is 0 Å². The zero-order valence-corrected chi connectivity index (χ0v) is 8.12. The molecule has 0 aliphatic heterocycles. The molecule has 0 atom stereocenters. The molecular formula is C9H11ClS. The molecule has 0 aliphatic rings. The predicted octanol–water partition coefficient (Wildman–Crippen LogP) is 3.58. The average molecular weight is 187 g/mol. The molecular weight excluding hydrogens is 176 g/mol. The maximum absolute atomic E-state index is 5.87. The second-order valence-electron chi connectivity index (χ2n) is 2.54. The lowest BCUT2D eigenvalue weighted by Crippen LogP contribution is -1.82. The van der Waals surface area contributed by atoms with Gasteiger partial charge in [0.05, 0.1) is 5.02 Å². The Hall–Kier alpha value is -0.140. The van der Waals surface area contributed by atoms with E-state index in [9.17, 15) is 0 Å². The first-order valence-electron chi connectivity index (χ1n) is 3.71. The molecule has 0 unspecified atom stereocenters. The molecule has 0 aliphatic carbocycles. The molecule has 0 nitrogen and oxygen atoms in total. The van der Waals surface area contributed by atoms with Crippen molar-refractivity contribution in [3.63, 3.8) is 0 Å². The van der Waals surface area contributed by atoms with Gasteiger partial charge in [0.1, 0.15) is 0 Å². The van der Waals surface area contributed by atoms with Crippen molar-refractivity contribution in [1.82, 2.24) is 0 Å². The van der Waals surface area contributed by atoms with E-state index in [2.05, 4.69) is 25.6 Å². The van der Waals surface area contributed by atoms with Crippen LogP contribution in [0.25, 0.3) is 0 Å². The highest BCUT2D eigenvalue weighted by molar-refractivity contribution is 7.80. The molecule has 0 spiro atoms. The van der Waals surface area contributed by atoms with Crippen molar-refractivity contribution in [3.8, 4) is 0 Å². The quantitative estimate of drug-likeness (QED) is 0.671. The molecule has 60 valence electrons. The fraction of sp³-hybridized carbons (Fsp3) is 0.333. The molecule has 0 saturated carbocycles. The van der Waals surface area contributed by atoms with Gasteiger partial charge in [-0.25, -0.2) is 0 Å². The lowest BCUT2D eigenvalue weighted by molar-refractivity contribution is 0.920. The Morgan fingerprint density at radius 2 is 2.18 bits per heavy atom. The van der Waals surface area contributed by atoms with Gasteiger partial charge in [-0.15, -0.1) is 12.6 Å². The fourth-order valence-corrected chi connectivity index (χ4v) is 1.34. The van der Waals surface area contributed by atoms with Crippen LogP contribution in [-0.4, -0.2) is 0 Å². The summed E-state index contributed by atoms with van der Waals surface area (Å²) in [5.74, 6) is 0. The summed E-state index contributed by atoms with van der Waals surface area (Å²) in [5, 5.41) is 0.749. The summed E-state index contributed by atoms with van der Waals surface area (Å²) in [7, 11) is 0. The zero-order chi connectivity index (χ0) is 8.27. The molecule has 0 amide bonds. The Kier molecular flexibility index (Phi) is 3.28. The van der Waals surface area contributed by atoms with Crippen LogP contribution < -0.4 is 0 Å². The van der Waals surface area contributed by atoms with Crippen molar-refractivity contribution in [2.45, 2.75) is 24.7 Å². The SMILES string of the molecule is CCCc1ccc(S)c(Cl)c1. The van der Waals surface area contributed by atoms with E-state index in [0.717, 1.165) is 22.8 Å². The van der Waals surface area contributed by atoms with Crippen molar-refractivity contribution < 1.29 is 0 Å². The van der Waals surface area contributed by atoms with Crippen LogP contribution in [0, 0.1) is 0 Å². The standard InChI is InChI=1S/C9H11ClS/c1-2-3-7-4-5-9(11)8(10)6-7/h4-6,11H,2-3H2,1H3. The van der Waals surface area contributed by atoms with E-state index in [1.165, 1.54) is 5.56 Å². The van der Waals surface area contributed by atoms with Gasteiger partial charge in [-0.1, -0.05) is 31.0 Å². The van der Waals surface area contributed by atoms with Crippen LogP contribution in [0.4, 0.5) is 0 Å². The second-order valence-corrected chi connectivity index (χ2v) is 3.42. The van der Waals surface area contributed by atoms with E-state index < -0.39 is 0 Å². The lowest BCUT2D eigenvalue weighted by Gasteiger charge is -2.00. The summed E-state index contributed by atoms with van der Waals surface area (Å²) in [6, 6.07) is 5.99.